The van der Waals surface area contributed by atoms with Crippen LogP contribution in [0, 0.1) is 17.0 Å². The largest absolute Gasteiger partial charge is 0.493 e. The van der Waals surface area contributed by atoms with E-state index in [1.165, 1.54) is 31.4 Å². The van der Waals surface area contributed by atoms with Crippen molar-refractivity contribution in [3.63, 3.8) is 0 Å². The van der Waals surface area contributed by atoms with E-state index in [1.807, 2.05) is 19.1 Å². The number of thioether (sulfide) groups is 1. The molecular weight excluding hydrogens is 510 g/mol. The van der Waals surface area contributed by atoms with Crippen molar-refractivity contribution < 1.29 is 28.8 Å². The lowest BCUT2D eigenvalue weighted by Gasteiger charge is -2.14. The Labute approximate surface area is 222 Å². The van der Waals surface area contributed by atoms with Crippen molar-refractivity contribution in [2.24, 2.45) is 0 Å². The molecule has 38 heavy (non-hydrogen) atoms. The highest BCUT2D eigenvalue weighted by molar-refractivity contribution is 8.18. The highest BCUT2D eigenvalue weighted by Crippen LogP contribution is 2.38. The number of nitro groups is 1. The summed E-state index contributed by atoms with van der Waals surface area (Å²) in [4.78, 5) is 49.8. The molecule has 3 amide bonds. The number of carbonyl (C=O) groups is 3. The fraction of sp³-hybridized carbons (Fsp3) is 0.148. The molecule has 0 bridgehead atoms. The molecule has 0 atom stereocenters. The summed E-state index contributed by atoms with van der Waals surface area (Å²) < 4.78 is 11.2. The molecule has 4 rings (SSSR count). The molecule has 1 heterocycles. The van der Waals surface area contributed by atoms with Crippen LogP contribution in [0.1, 0.15) is 16.7 Å². The summed E-state index contributed by atoms with van der Waals surface area (Å²) in [7, 11) is 1.45. The van der Waals surface area contributed by atoms with Crippen LogP contribution in [0.2, 0.25) is 0 Å². The number of methoxy groups -OCH3 is 1. The van der Waals surface area contributed by atoms with E-state index < -0.39 is 16.1 Å². The van der Waals surface area contributed by atoms with Crippen molar-refractivity contribution in [3.8, 4) is 11.5 Å². The van der Waals surface area contributed by atoms with Crippen LogP contribution in [0.3, 0.4) is 0 Å². The third-order valence-corrected chi connectivity index (χ3v) is 6.44. The number of ether oxygens (including phenoxy) is 2. The van der Waals surface area contributed by atoms with Crippen molar-refractivity contribution in [1.29, 1.82) is 0 Å². The predicted molar refractivity (Wildman–Crippen MR) is 143 cm³/mol. The third kappa shape index (κ3) is 6.19. The second-order valence-corrected chi connectivity index (χ2v) is 9.27. The van der Waals surface area contributed by atoms with Gasteiger partial charge in [0.05, 0.1) is 23.5 Å². The van der Waals surface area contributed by atoms with Crippen LogP contribution >= 0.6 is 11.8 Å². The molecule has 1 saturated heterocycles. The van der Waals surface area contributed by atoms with Crippen LogP contribution in [0.25, 0.3) is 6.08 Å². The number of hydrogen-bond donors (Lipinski definition) is 1. The van der Waals surface area contributed by atoms with E-state index in [1.54, 1.807) is 36.4 Å². The Morgan fingerprint density at radius 2 is 1.84 bits per heavy atom. The van der Waals surface area contributed by atoms with Gasteiger partial charge >= 0.3 is 0 Å². The van der Waals surface area contributed by atoms with Gasteiger partial charge in [0.25, 0.3) is 22.7 Å². The van der Waals surface area contributed by atoms with Gasteiger partial charge in [-0.1, -0.05) is 42.0 Å². The Morgan fingerprint density at radius 1 is 1.11 bits per heavy atom. The number of hydrogen-bond acceptors (Lipinski definition) is 8. The summed E-state index contributed by atoms with van der Waals surface area (Å²) in [6.07, 6.45) is 1.49. The molecule has 0 aliphatic carbocycles. The van der Waals surface area contributed by atoms with Crippen molar-refractivity contribution in [3.05, 3.63) is 98.4 Å². The summed E-state index contributed by atoms with van der Waals surface area (Å²) >= 11 is 0.745. The van der Waals surface area contributed by atoms with Gasteiger partial charge in [0, 0.05) is 23.4 Å². The van der Waals surface area contributed by atoms with Gasteiger partial charge in [0.15, 0.2) is 18.1 Å². The summed E-state index contributed by atoms with van der Waals surface area (Å²) in [6, 6.07) is 18.1. The van der Waals surface area contributed by atoms with Crippen molar-refractivity contribution >= 4 is 46.3 Å². The molecule has 1 N–H and O–H groups in total. The average molecular weight is 534 g/mol. The first-order chi connectivity index (χ1) is 18.2. The number of nitrogens with zero attached hydrogens (tertiary/aromatic N) is 2. The second-order valence-electron chi connectivity index (χ2n) is 8.28. The van der Waals surface area contributed by atoms with Crippen LogP contribution in [-0.2, 0) is 16.1 Å². The van der Waals surface area contributed by atoms with Gasteiger partial charge in [-0.2, -0.15) is 0 Å². The maximum atomic E-state index is 13.0. The molecule has 1 aliphatic rings. The number of imide groups is 1. The zero-order valence-electron chi connectivity index (χ0n) is 20.5. The molecular formula is C27H23N3O7S. The molecule has 11 heteroatoms. The van der Waals surface area contributed by atoms with Gasteiger partial charge in [-0.15, -0.1) is 0 Å². The fourth-order valence-electron chi connectivity index (χ4n) is 3.66. The van der Waals surface area contributed by atoms with E-state index in [9.17, 15) is 24.5 Å². The Balaban J connectivity index is 1.51. The van der Waals surface area contributed by atoms with Gasteiger partial charge in [-0.3, -0.25) is 29.4 Å². The monoisotopic (exact) mass is 533 g/mol. The second kappa shape index (κ2) is 11.6. The number of aryl methyl sites for hydroxylation is 1. The quantitative estimate of drug-likeness (QED) is 0.227. The predicted octanol–water partition coefficient (Wildman–Crippen LogP) is 5.17. The number of nitrogens with one attached hydrogen (secondary N) is 1. The normalized spacial score (nSPS) is 14.1. The third-order valence-electron chi connectivity index (χ3n) is 5.53. The maximum Gasteiger partial charge on any atom is 0.293 e. The first-order valence-electron chi connectivity index (χ1n) is 11.4. The minimum atomic E-state index is -0.544. The Kier molecular flexibility index (Phi) is 8.07. The number of rotatable bonds is 9. The minimum absolute atomic E-state index is 0.107. The lowest BCUT2D eigenvalue weighted by Crippen LogP contribution is -2.27. The SMILES string of the molecule is COc1cccc(C=C2SC(=O)N(Cc3cccc([N+](=O)[O-])c3)C2=O)c1OCC(=O)Nc1ccc(C)cc1. The number of non-ortho nitro benzene ring substituents is 1. The first kappa shape index (κ1) is 26.4. The average Bonchev–Trinajstić information content (AvgIpc) is 3.16. The van der Waals surface area contributed by atoms with Gasteiger partial charge < -0.3 is 14.8 Å². The highest BCUT2D eigenvalue weighted by atomic mass is 32.2. The number of carbonyl (C=O) groups excluding carboxylic acids is 3. The van der Waals surface area contributed by atoms with Crippen molar-refractivity contribution in [2.45, 2.75) is 13.5 Å². The van der Waals surface area contributed by atoms with Gasteiger partial charge in [-0.05, 0) is 48.5 Å². The molecule has 3 aromatic carbocycles. The number of amides is 3. The van der Waals surface area contributed by atoms with E-state index in [0.29, 0.717) is 22.6 Å². The molecule has 0 aromatic heterocycles. The van der Waals surface area contributed by atoms with E-state index in [2.05, 4.69) is 5.32 Å². The smallest absolute Gasteiger partial charge is 0.293 e. The summed E-state index contributed by atoms with van der Waals surface area (Å²) in [6.45, 7) is 1.52. The lowest BCUT2D eigenvalue weighted by molar-refractivity contribution is -0.384. The topological polar surface area (TPSA) is 128 Å². The van der Waals surface area contributed by atoms with Crippen LogP contribution in [-0.4, -0.2) is 40.6 Å². The lowest BCUT2D eigenvalue weighted by atomic mass is 10.1. The maximum absolute atomic E-state index is 13.0. The number of nitro benzene ring substituents is 1. The van der Waals surface area contributed by atoms with Crippen LogP contribution in [0.15, 0.2) is 71.6 Å². The van der Waals surface area contributed by atoms with E-state index >= 15 is 0 Å². The molecule has 0 saturated carbocycles. The molecule has 194 valence electrons. The highest BCUT2D eigenvalue weighted by Gasteiger charge is 2.35. The van der Waals surface area contributed by atoms with E-state index in [4.69, 9.17) is 9.47 Å². The minimum Gasteiger partial charge on any atom is -0.493 e. The Hall–Kier alpha value is -4.64. The number of benzene rings is 3. The molecule has 1 aliphatic heterocycles. The molecule has 0 radical (unpaired) electrons. The first-order valence-corrected chi connectivity index (χ1v) is 12.2. The molecule has 0 unspecified atom stereocenters. The molecule has 3 aromatic rings. The van der Waals surface area contributed by atoms with Crippen LogP contribution < -0.4 is 14.8 Å². The standard InChI is InChI=1S/C27H23N3O7S/c1-17-9-11-20(12-10-17)28-24(31)16-37-25-19(6-4-8-22(25)36-2)14-23-26(32)29(27(33)38-23)15-18-5-3-7-21(13-18)30(34)35/h3-14H,15-16H2,1-2H3,(H,28,31). The number of para-hydroxylation sites is 1. The van der Waals surface area contributed by atoms with Gasteiger partial charge in [0.2, 0.25) is 0 Å². The zero-order valence-corrected chi connectivity index (χ0v) is 21.3. The van der Waals surface area contributed by atoms with Crippen LogP contribution in [0.5, 0.6) is 11.5 Å². The van der Waals surface area contributed by atoms with Crippen LogP contribution in [0.4, 0.5) is 16.2 Å². The number of anilines is 1. The molecule has 10 nitrogen and oxygen atoms in total. The van der Waals surface area contributed by atoms with Crippen molar-refractivity contribution in [2.75, 3.05) is 19.0 Å². The Bertz CT molecular complexity index is 1440. The van der Waals surface area contributed by atoms with Gasteiger partial charge in [0.1, 0.15) is 0 Å². The molecule has 1 fully saturated rings. The summed E-state index contributed by atoms with van der Waals surface area (Å²) in [5, 5.41) is 13.3. The summed E-state index contributed by atoms with van der Waals surface area (Å²) in [5.41, 5.74) is 2.45. The van der Waals surface area contributed by atoms with E-state index in [-0.39, 0.29) is 35.4 Å². The van der Waals surface area contributed by atoms with E-state index in [0.717, 1.165) is 22.2 Å². The molecule has 0 spiro atoms. The summed E-state index contributed by atoms with van der Waals surface area (Å²) in [5.74, 6) is -0.349. The Morgan fingerprint density at radius 3 is 2.55 bits per heavy atom. The fourth-order valence-corrected chi connectivity index (χ4v) is 4.49. The zero-order chi connectivity index (χ0) is 27.2. The van der Waals surface area contributed by atoms with Crippen molar-refractivity contribution in [1.82, 2.24) is 4.90 Å². The van der Waals surface area contributed by atoms with Gasteiger partial charge in [-0.25, -0.2) is 0 Å².